The van der Waals surface area contributed by atoms with E-state index in [1.807, 2.05) is 20.8 Å². The molecule has 0 saturated heterocycles. The first-order valence-corrected chi connectivity index (χ1v) is 7.20. The number of hydrogen-bond acceptors (Lipinski definition) is 3. The molecule has 100 valence electrons. The largest absolute Gasteiger partial charge is 0.349 e. The molecule has 6 heteroatoms. The van der Waals surface area contributed by atoms with Crippen molar-refractivity contribution in [3.05, 3.63) is 29.8 Å². The van der Waals surface area contributed by atoms with E-state index in [4.69, 9.17) is 5.14 Å². The van der Waals surface area contributed by atoms with Crippen molar-refractivity contribution in [2.24, 2.45) is 11.1 Å². The summed E-state index contributed by atoms with van der Waals surface area (Å²) in [6.45, 7) is 5.88. The fourth-order valence-corrected chi connectivity index (χ4v) is 1.83. The lowest BCUT2D eigenvalue weighted by atomic mass is 10.1. The number of rotatable bonds is 4. The minimum Gasteiger partial charge on any atom is -0.349 e. The van der Waals surface area contributed by atoms with Gasteiger partial charge >= 0.3 is 0 Å². The van der Waals surface area contributed by atoms with Crippen molar-refractivity contribution in [1.29, 1.82) is 0 Å². The Kier molecular flexibility index (Phi) is 4.48. The lowest BCUT2D eigenvalue weighted by molar-refractivity contribution is 0.0930. The minimum absolute atomic E-state index is 0.00985. The van der Waals surface area contributed by atoms with Gasteiger partial charge in [0.2, 0.25) is 10.0 Å². The van der Waals surface area contributed by atoms with E-state index in [1.54, 1.807) is 6.07 Å². The number of amides is 1. The van der Waals surface area contributed by atoms with Gasteiger partial charge < -0.3 is 5.32 Å². The highest BCUT2D eigenvalue weighted by Crippen LogP contribution is 2.10. The van der Waals surface area contributed by atoms with Crippen molar-refractivity contribution in [2.75, 3.05) is 0 Å². The van der Waals surface area contributed by atoms with E-state index in [2.05, 4.69) is 5.32 Å². The molecule has 1 aromatic rings. The van der Waals surface area contributed by atoms with Crippen LogP contribution in [0.1, 0.15) is 31.1 Å². The standard InChI is InChI=1S/C12H18N2O3S/c1-8(2)9(3)14-12(15)10-5-4-6-11(7-10)18(13,16)17/h4-9H,1-3H3,(H,14,15)(H2,13,16,17). The predicted molar refractivity (Wildman–Crippen MR) is 69.6 cm³/mol. The minimum atomic E-state index is -3.78. The zero-order chi connectivity index (χ0) is 13.9. The Morgan fingerprint density at radius 1 is 1.28 bits per heavy atom. The van der Waals surface area contributed by atoms with Gasteiger partial charge in [-0.25, -0.2) is 13.6 Å². The quantitative estimate of drug-likeness (QED) is 0.858. The number of carbonyl (C=O) groups is 1. The van der Waals surface area contributed by atoms with Crippen molar-refractivity contribution >= 4 is 15.9 Å². The molecule has 1 aromatic carbocycles. The number of nitrogens with two attached hydrogens (primary N) is 1. The number of carbonyl (C=O) groups excluding carboxylic acids is 1. The second-order valence-corrected chi connectivity index (χ2v) is 6.14. The van der Waals surface area contributed by atoms with Gasteiger partial charge in [-0.15, -0.1) is 0 Å². The topological polar surface area (TPSA) is 89.3 Å². The summed E-state index contributed by atoms with van der Waals surface area (Å²) in [6.07, 6.45) is 0. The maximum atomic E-state index is 11.9. The molecule has 3 N–H and O–H groups in total. The zero-order valence-electron chi connectivity index (χ0n) is 10.7. The van der Waals surface area contributed by atoms with Gasteiger partial charge in [-0.05, 0) is 31.0 Å². The molecule has 0 spiro atoms. The molecule has 0 aliphatic rings. The van der Waals surface area contributed by atoms with Gasteiger partial charge in [0, 0.05) is 11.6 Å². The maximum Gasteiger partial charge on any atom is 0.251 e. The zero-order valence-corrected chi connectivity index (χ0v) is 11.5. The van der Waals surface area contributed by atoms with Gasteiger partial charge in [0.15, 0.2) is 0 Å². The molecule has 1 amide bonds. The van der Waals surface area contributed by atoms with E-state index in [0.717, 1.165) is 0 Å². The summed E-state index contributed by atoms with van der Waals surface area (Å²) in [5, 5.41) is 7.82. The Hall–Kier alpha value is -1.40. The summed E-state index contributed by atoms with van der Waals surface area (Å²) in [5.74, 6) is -0.00271. The van der Waals surface area contributed by atoms with Crippen LogP contribution in [0.2, 0.25) is 0 Å². The second-order valence-electron chi connectivity index (χ2n) is 4.58. The Morgan fingerprint density at radius 3 is 2.39 bits per heavy atom. The summed E-state index contributed by atoms with van der Waals surface area (Å²) in [5.41, 5.74) is 0.286. The lowest BCUT2D eigenvalue weighted by Crippen LogP contribution is -2.36. The number of hydrogen-bond donors (Lipinski definition) is 2. The molecule has 1 rings (SSSR count). The fourth-order valence-electron chi connectivity index (χ4n) is 1.27. The van der Waals surface area contributed by atoms with Crippen LogP contribution in [0.15, 0.2) is 29.2 Å². The van der Waals surface area contributed by atoms with Crippen LogP contribution in [0.5, 0.6) is 0 Å². The van der Waals surface area contributed by atoms with Gasteiger partial charge in [-0.1, -0.05) is 19.9 Å². The fraction of sp³-hybridized carbons (Fsp3) is 0.417. The third-order valence-electron chi connectivity index (χ3n) is 2.78. The van der Waals surface area contributed by atoms with E-state index in [-0.39, 0.29) is 22.4 Å². The summed E-state index contributed by atoms with van der Waals surface area (Å²) in [4.78, 5) is 11.8. The number of primary sulfonamides is 1. The van der Waals surface area contributed by atoms with Gasteiger partial charge in [0.1, 0.15) is 0 Å². The van der Waals surface area contributed by atoms with Crippen LogP contribution >= 0.6 is 0 Å². The maximum absolute atomic E-state index is 11.9. The molecule has 1 atom stereocenters. The average Bonchev–Trinajstić information content (AvgIpc) is 2.27. The first-order chi connectivity index (χ1) is 8.21. The average molecular weight is 270 g/mol. The number of sulfonamides is 1. The molecular formula is C12H18N2O3S. The lowest BCUT2D eigenvalue weighted by Gasteiger charge is -2.17. The third kappa shape index (κ3) is 3.82. The van der Waals surface area contributed by atoms with Gasteiger partial charge in [0.25, 0.3) is 5.91 Å². The molecule has 0 radical (unpaired) electrons. The first-order valence-electron chi connectivity index (χ1n) is 5.65. The normalized spacial score (nSPS) is 13.4. The highest BCUT2D eigenvalue weighted by molar-refractivity contribution is 7.89. The molecule has 0 aliphatic heterocycles. The van der Waals surface area contributed by atoms with Crippen LogP contribution in [-0.4, -0.2) is 20.4 Å². The van der Waals surface area contributed by atoms with Crippen LogP contribution < -0.4 is 10.5 Å². The summed E-state index contributed by atoms with van der Waals surface area (Å²) in [7, 11) is -3.78. The number of benzene rings is 1. The molecule has 18 heavy (non-hydrogen) atoms. The smallest absolute Gasteiger partial charge is 0.251 e. The van der Waals surface area contributed by atoms with Crippen molar-refractivity contribution in [3.8, 4) is 0 Å². The Bertz CT molecular complexity index is 538. The van der Waals surface area contributed by atoms with Crippen LogP contribution in [0.3, 0.4) is 0 Å². The van der Waals surface area contributed by atoms with Crippen molar-refractivity contribution < 1.29 is 13.2 Å². The summed E-state index contributed by atoms with van der Waals surface area (Å²) < 4.78 is 22.4. The van der Waals surface area contributed by atoms with E-state index < -0.39 is 10.0 Å². The Balaban J connectivity index is 2.94. The molecular weight excluding hydrogens is 252 g/mol. The molecule has 0 aliphatic carbocycles. The van der Waals surface area contributed by atoms with Crippen LogP contribution in [-0.2, 0) is 10.0 Å². The number of nitrogens with one attached hydrogen (secondary N) is 1. The molecule has 1 unspecified atom stereocenters. The third-order valence-corrected chi connectivity index (χ3v) is 3.69. The van der Waals surface area contributed by atoms with E-state index in [9.17, 15) is 13.2 Å². The second kappa shape index (κ2) is 5.49. The van der Waals surface area contributed by atoms with E-state index in [1.165, 1.54) is 18.2 Å². The van der Waals surface area contributed by atoms with Gasteiger partial charge in [-0.2, -0.15) is 0 Å². The molecule has 0 fully saturated rings. The van der Waals surface area contributed by atoms with Crippen LogP contribution in [0.25, 0.3) is 0 Å². The van der Waals surface area contributed by atoms with E-state index in [0.29, 0.717) is 5.92 Å². The van der Waals surface area contributed by atoms with Crippen LogP contribution in [0, 0.1) is 5.92 Å². The highest BCUT2D eigenvalue weighted by atomic mass is 32.2. The molecule has 5 nitrogen and oxygen atoms in total. The first kappa shape index (κ1) is 14.7. The molecule has 0 heterocycles. The monoisotopic (exact) mass is 270 g/mol. The van der Waals surface area contributed by atoms with Gasteiger partial charge in [0.05, 0.1) is 4.90 Å². The SMILES string of the molecule is CC(C)C(C)NC(=O)c1cccc(S(N)(=O)=O)c1. The summed E-state index contributed by atoms with van der Waals surface area (Å²) >= 11 is 0. The molecule has 0 bridgehead atoms. The van der Waals surface area contributed by atoms with Crippen LogP contribution in [0.4, 0.5) is 0 Å². The van der Waals surface area contributed by atoms with E-state index >= 15 is 0 Å². The van der Waals surface area contributed by atoms with Gasteiger partial charge in [-0.3, -0.25) is 4.79 Å². The predicted octanol–water partition coefficient (Wildman–Crippen LogP) is 1.11. The Labute approximate surface area is 107 Å². The highest BCUT2D eigenvalue weighted by Gasteiger charge is 2.15. The van der Waals surface area contributed by atoms with Crippen molar-refractivity contribution in [3.63, 3.8) is 0 Å². The van der Waals surface area contributed by atoms with Crippen molar-refractivity contribution in [1.82, 2.24) is 5.32 Å². The summed E-state index contributed by atoms with van der Waals surface area (Å²) in [6, 6.07) is 5.69. The van der Waals surface area contributed by atoms with Crippen molar-refractivity contribution in [2.45, 2.75) is 31.7 Å². The molecule has 0 saturated carbocycles. The Morgan fingerprint density at radius 2 is 1.89 bits per heavy atom. The molecule has 0 aromatic heterocycles.